The first-order valence-corrected chi connectivity index (χ1v) is 6.11. The smallest absolute Gasteiger partial charge is 0.252 e. The third-order valence-electron chi connectivity index (χ3n) is 3.74. The SMILES string of the molecule is CC(C)C1CCCCC12NC(=S)NC2=O. The van der Waals surface area contributed by atoms with E-state index in [0.29, 0.717) is 16.9 Å². The van der Waals surface area contributed by atoms with Crippen LogP contribution in [0.4, 0.5) is 0 Å². The van der Waals surface area contributed by atoms with Crippen molar-refractivity contribution in [1.82, 2.24) is 10.6 Å². The van der Waals surface area contributed by atoms with E-state index in [9.17, 15) is 4.79 Å². The first-order chi connectivity index (χ1) is 7.06. The van der Waals surface area contributed by atoms with Crippen molar-refractivity contribution in [2.24, 2.45) is 11.8 Å². The number of amides is 1. The van der Waals surface area contributed by atoms with E-state index in [-0.39, 0.29) is 5.91 Å². The number of nitrogens with one attached hydrogen (secondary N) is 2. The van der Waals surface area contributed by atoms with E-state index in [0.717, 1.165) is 19.3 Å². The Morgan fingerprint density at radius 3 is 2.73 bits per heavy atom. The molecule has 3 nitrogen and oxygen atoms in total. The highest BCUT2D eigenvalue weighted by Gasteiger charge is 2.52. The van der Waals surface area contributed by atoms with E-state index in [1.54, 1.807) is 0 Å². The normalized spacial score (nSPS) is 35.8. The molecule has 1 spiro atoms. The fourth-order valence-electron chi connectivity index (χ4n) is 3.04. The molecule has 0 aromatic carbocycles. The van der Waals surface area contributed by atoms with Crippen molar-refractivity contribution in [3.8, 4) is 0 Å². The van der Waals surface area contributed by atoms with Crippen LogP contribution in [0.1, 0.15) is 39.5 Å². The lowest BCUT2D eigenvalue weighted by atomic mass is 9.68. The zero-order valence-electron chi connectivity index (χ0n) is 9.30. The van der Waals surface area contributed by atoms with E-state index >= 15 is 0 Å². The van der Waals surface area contributed by atoms with Crippen molar-refractivity contribution >= 4 is 23.2 Å². The summed E-state index contributed by atoms with van der Waals surface area (Å²) in [6, 6.07) is 0. The number of carbonyl (C=O) groups is 1. The van der Waals surface area contributed by atoms with Gasteiger partial charge in [-0.15, -0.1) is 0 Å². The summed E-state index contributed by atoms with van der Waals surface area (Å²) in [4.78, 5) is 12.0. The molecular formula is C11H18N2OS. The fourth-order valence-corrected chi connectivity index (χ4v) is 3.32. The third-order valence-corrected chi connectivity index (χ3v) is 3.95. The zero-order valence-corrected chi connectivity index (χ0v) is 10.1. The highest BCUT2D eigenvalue weighted by Crippen LogP contribution is 2.40. The van der Waals surface area contributed by atoms with E-state index in [4.69, 9.17) is 12.2 Å². The molecule has 1 aliphatic carbocycles. The molecule has 2 N–H and O–H groups in total. The molecule has 1 aliphatic heterocycles. The second-order valence-corrected chi connectivity index (χ2v) is 5.38. The first kappa shape index (κ1) is 10.9. The Kier molecular flexibility index (Phi) is 2.71. The standard InChI is InChI=1S/C11H18N2OS/c1-7(2)8-5-3-4-6-11(8)9(14)12-10(15)13-11/h7-8H,3-6H2,1-2H3,(H2,12,13,14,15). The third kappa shape index (κ3) is 1.65. The predicted molar refractivity (Wildman–Crippen MR) is 63.4 cm³/mol. The van der Waals surface area contributed by atoms with Gasteiger partial charge in [-0.05, 0) is 36.9 Å². The average molecular weight is 226 g/mol. The van der Waals surface area contributed by atoms with Gasteiger partial charge in [0.1, 0.15) is 5.54 Å². The molecule has 2 atom stereocenters. The van der Waals surface area contributed by atoms with Crippen LogP contribution in [0.5, 0.6) is 0 Å². The molecule has 2 unspecified atom stereocenters. The summed E-state index contributed by atoms with van der Waals surface area (Å²) < 4.78 is 0. The molecule has 15 heavy (non-hydrogen) atoms. The molecule has 1 saturated heterocycles. The lowest BCUT2D eigenvalue weighted by Crippen LogP contribution is -2.56. The summed E-state index contributed by atoms with van der Waals surface area (Å²) in [5.74, 6) is 1.02. The first-order valence-electron chi connectivity index (χ1n) is 5.70. The Hall–Kier alpha value is -0.640. The van der Waals surface area contributed by atoms with Crippen molar-refractivity contribution in [3.05, 3.63) is 0 Å². The van der Waals surface area contributed by atoms with Crippen LogP contribution < -0.4 is 10.6 Å². The highest BCUT2D eigenvalue weighted by atomic mass is 32.1. The van der Waals surface area contributed by atoms with Crippen LogP contribution in [0.15, 0.2) is 0 Å². The molecule has 0 radical (unpaired) electrons. The molecule has 4 heteroatoms. The molecule has 1 amide bonds. The molecule has 0 aromatic rings. The van der Waals surface area contributed by atoms with Crippen molar-refractivity contribution in [3.63, 3.8) is 0 Å². The zero-order chi connectivity index (χ0) is 11.1. The van der Waals surface area contributed by atoms with Crippen molar-refractivity contribution in [2.45, 2.75) is 45.1 Å². The van der Waals surface area contributed by atoms with Crippen LogP contribution in [-0.4, -0.2) is 16.6 Å². The lowest BCUT2D eigenvalue weighted by molar-refractivity contribution is -0.128. The Morgan fingerprint density at radius 2 is 2.20 bits per heavy atom. The molecule has 84 valence electrons. The van der Waals surface area contributed by atoms with Crippen LogP contribution in [0.25, 0.3) is 0 Å². The summed E-state index contributed by atoms with van der Waals surface area (Å²) in [7, 11) is 0. The van der Waals surface area contributed by atoms with E-state index in [2.05, 4.69) is 24.5 Å². The minimum absolute atomic E-state index is 0.0888. The number of rotatable bonds is 1. The Morgan fingerprint density at radius 1 is 1.47 bits per heavy atom. The molecule has 0 bridgehead atoms. The minimum atomic E-state index is -0.399. The van der Waals surface area contributed by atoms with E-state index < -0.39 is 5.54 Å². The maximum atomic E-state index is 12.0. The van der Waals surface area contributed by atoms with Crippen molar-refractivity contribution in [2.75, 3.05) is 0 Å². The molecule has 2 rings (SSSR count). The van der Waals surface area contributed by atoms with Gasteiger partial charge in [0.2, 0.25) is 0 Å². The van der Waals surface area contributed by atoms with Gasteiger partial charge in [-0.25, -0.2) is 0 Å². The Labute approximate surface area is 96.0 Å². The summed E-state index contributed by atoms with van der Waals surface area (Å²) in [6.45, 7) is 4.38. The number of hydrogen-bond acceptors (Lipinski definition) is 2. The molecule has 2 fully saturated rings. The predicted octanol–water partition coefficient (Wildman–Crippen LogP) is 1.58. The van der Waals surface area contributed by atoms with Gasteiger partial charge in [-0.1, -0.05) is 26.7 Å². The molecule has 1 saturated carbocycles. The molecule has 1 heterocycles. The van der Waals surface area contributed by atoms with Gasteiger partial charge in [0.25, 0.3) is 5.91 Å². The second kappa shape index (κ2) is 3.74. The van der Waals surface area contributed by atoms with Gasteiger partial charge >= 0.3 is 0 Å². The quantitative estimate of drug-likeness (QED) is 0.667. The molecular weight excluding hydrogens is 208 g/mol. The van der Waals surface area contributed by atoms with Crippen LogP contribution in [-0.2, 0) is 4.79 Å². The Bertz CT molecular complexity index is 303. The molecule has 0 aromatic heterocycles. The topological polar surface area (TPSA) is 41.1 Å². The number of hydrogen-bond donors (Lipinski definition) is 2. The van der Waals surface area contributed by atoms with Gasteiger partial charge in [-0.2, -0.15) is 0 Å². The summed E-state index contributed by atoms with van der Waals surface area (Å²) in [5.41, 5.74) is -0.399. The van der Waals surface area contributed by atoms with Gasteiger partial charge in [0, 0.05) is 0 Å². The average Bonchev–Trinajstić information content (AvgIpc) is 2.42. The van der Waals surface area contributed by atoms with Crippen LogP contribution in [0.3, 0.4) is 0 Å². The van der Waals surface area contributed by atoms with E-state index in [1.807, 2.05) is 0 Å². The number of thiocarbonyl (C=S) groups is 1. The van der Waals surface area contributed by atoms with Gasteiger partial charge < -0.3 is 10.6 Å². The number of carbonyl (C=O) groups excluding carboxylic acids is 1. The van der Waals surface area contributed by atoms with Crippen molar-refractivity contribution < 1.29 is 4.79 Å². The maximum Gasteiger partial charge on any atom is 0.252 e. The minimum Gasteiger partial charge on any atom is -0.348 e. The van der Waals surface area contributed by atoms with Crippen molar-refractivity contribution in [1.29, 1.82) is 0 Å². The van der Waals surface area contributed by atoms with E-state index in [1.165, 1.54) is 6.42 Å². The molecule has 2 aliphatic rings. The van der Waals surface area contributed by atoms with Crippen LogP contribution in [0, 0.1) is 11.8 Å². The second-order valence-electron chi connectivity index (χ2n) is 4.98. The summed E-state index contributed by atoms with van der Waals surface area (Å²) in [6.07, 6.45) is 4.39. The Balaban J connectivity index is 2.30. The van der Waals surface area contributed by atoms with Crippen LogP contribution in [0.2, 0.25) is 0 Å². The lowest BCUT2D eigenvalue weighted by Gasteiger charge is -2.41. The summed E-state index contributed by atoms with van der Waals surface area (Å²) >= 11 is 5.05. The fraction of sp³-hybridized carbons (Fsp3) is 0.818. The summed E-state index contributed by atoms with van der Waals surface area (Å²) in [5, 5.41) is 6.47. The highest BCUT2D eigenvalue weighted by molar-refractivity contribution is 7.80. The maximum absolute atomic E-state index is 12.0. The largest absolute Gasteiger partial charge is 0.348 e. The van der Waals surface area contributed by atoms with Gasteiger partial charge in [-0.3, -0.25) is 4.79 Å². The van der Waals surface area contributed by atoms with Gasteiger partial charge in [0.05, 0.1) is 0 Å². The monoisotopic (exact) mass is 226 g/mol. The van der Waals surface area contributed by atoms with Gasteiger partial charge in [0.15, 0.2) is 5.11 Å². The van der Waals surface area contributed by atoms with Crippen LogP contribution >= 0.6 is 12.2 Å².